The molecule has 0 fully saturated rings. The summed E-state index contributed by atoms with van der Waals surface area (Å²) in [4.78, 5) is 15.0. The van der Waals surface area contributed by atoms with Gasteiger partial charge in [0, 0.05) is 0 Å². The SMILES string of the molecule is COc1cccc(OC)c1Oc1nc(Cl)nc2nc[nH]c12. The highest BCUT2D eigenvalue weighted by atomic mass is 35.5. The monoisotopic (exact) mass is 306 g/mol. The molecule has 0 aliphatic heterocycles. The number of nitrogens with one attached hydrogen (secondary N) is 1. The van der Waals surface area contributed by atoms with E-state index >= 15 is 0 Å². The predicted molar refractivity (Wildman–Crippen MR) is 76.3 cm³/mol. The molecule has 2 heterocycles. The van der Waals surface area contributed by atoms with Gasteiger partial charge in [-0.2, -0.15) is 9.97 Å². The Balaban J connectivity index is 2.12. The largest absolute Gasteiger partial charge is 0.493 e. The number of halogens is 1. The number of ether oxygens (including phenoxy) is 3. The molecular formula is C13H11ClN4O3. The normalized spacial score (nSPS) is 10.6. The molecule has 21 heavy (non-hydrogen) atoms. The number of hydrogen-bond donors (Lipinski definition) is 1. The first-order valence-electron chi connectivity index (χ1n) is 5.98. The Morgan fingerprint density at radius 1 is 1.10 bits per heavy atom. The van der Waals surface area contributed by atoms with Crippen LogP contribution in [0.1, 0.15) is 0 Å². The van der Waals surface area contributed by atoms with E-state index in [0.717, 1.165) is 0 Å². The third kappa shape index (κ3) is 2.43. The molecule has 3 aromatic rings. The van der Waals surface area contributed by atoms with Crippen LogP contribution in [0.2, 0.25) is 5.28 Å². The number of rotatable bonds is 4. The van der Waals surface area contributed by atoms with Gasteiger partial charge < -0.3 is 19.2 Å². The molecule has 2 aromatic heterocycles. The van der Waals surface area contributed by atoms with Crippen molar-refractivity contribution in [3.63, 3.8) is 0 Å². The molecule has 0 amide bonds. The Morgan fingerprint density at radius 3 is 2.48 bits per heavy atom. The van der Waals surface area contributed by atoms with Crippen molar-refractivity contribution in [1.82, 2.24) is 19.9 Å². The summed E-state index contributed by atoms with van der Waals surface area (Å²) in [5, 5.41) is 0.0402. The van der Waals surface area contributed by atoms with Crippen LogP contribution < -0.4 is 14.2 Å². The van der Waals surface area contributed by atoms with Crippen LogP contribution in [-0.4, -0.2) is 34.2 Å². The number of aromatic amines is 1. The van der Waals surface area contributed by atoms with Gasteiger partial charge in [-0.05, 0) is 23.7 Å². The zero-order valence-corrected chi connectivity index (χ0v) is 12.0. The quantitative estimate of drug-likeness (QED) is 0.746. The van der Waals surface area contributed by atoms with Crippen molar-refractivity contribution < 1.29 is 14.2 Å². The average Bonchev–Trinajstić information content (AvgIpc) is 2.95. The first-order chi connectivity index (χ1) is 10.2. The second-order valence-corrected chi connectivity index (χ2v) is 4.33. The number of methoxy groups -OCH3 is 2. The molecule has 0 aliphatic carbocycles. The van der Waals surface area contributed by atoms with Crippen LogP contribution in [0.15, 0.2) is 24.5 Å². The Morgan fingerprint density at radius 2 is 1.81 bits per heavy atom. The van der Waals surface area contributed by atoms with Crippen molar-refractivity contribution in [1.29, 1.82) is 0 Å². The molecule has 0 aliphatic rings. The number of fused-ring (bicyclic) bond motifs is 1. The van der Waals surface area contributed by atoms with Crippen LogP contribution in [0, 0.1) is 0 Å². The zero-order valence-electron chi connectivity index (χ0n) is 11.3. The van der Waals surface area contributed by atoms with Crippen LogP contribution in [0.3, 0.4) is 0 Å². The molecule has 0 spiro atoms. The van der Waals surface area contributed by atoms with Crippen molar-refractivity contribution >= 4 is 22.8 Å². The second kappa shape index (κ2) is 5.45. The number of aromatic nitrogens is 4. The van der Waals surface area contributed by atoms with E-state index in [4.69, 9.17) is 25.8 Å². The summed E-state index contributed by atoms with van der Waals surface area (Å²) in [7, 11) is 3.08. The maximum atomic E-state index is 5.88. The fraction of sp³-hybridized carbons (Fsp3) is 0.154. The van der Waals surface area contributed by atoms with Gasteiger partial charge in [0.05, 0.1) is 20.5 Å². The van der Waals surface area contributed by atoms with Gasteiger partial charge in [0.15, 0.2) is 17.1 Å². The molecule has 0 atom stereocenters. The lowest BCUT2D eigenvalue weighted by molar-refractivity contribution is 0.343. The van der Waals surface area contributed by atoms with Gasteiger partial charge >= 0.3 is 0 Å². The summed E-state index contributed by atoms with van der Waals surface area (Å²) in [6.45, 7) is 0. The number of nitrogens with zero attached hydrogens (tertiary/aromatic N) is 3. The van der Waals surface area contributed by atoms with Gasteiger partial charge in [0.1, 0.15) is 5.52 Å². The molecule has 8 heteroatoms. The minimum absolute atomic E-state index is 0.0402. The maximum Gasteiger partial charge on any atom is 0.250 e. The van der Waals surface area contributed by atoms with Crippen LogP contribution in [-0.2, 0) is 0 Å². The number of benzene rings is 1. The predicted octanol–water partition coefficient (Wildman–Crippen LogP) is 2.82. The molecule has 1 N–H and O–H groups in total. The summed E-state index contributed by atoms with van der Waals surface area (Å²) in [5.74, 6) is 1.66. The smallest absolute Gasteiger partial charge is 0.250 e. The van der Waals surface area contributed by atoms with Crippen molar-refractivity contribution in [2.45, 2.75) is 0 Å². The average molecular weight is 307 g/mol. The van der Waals surface area contributed by atoms with Crippen LogP contribution in [0.25, 0.3) is 11.2 Å². The van der Waals surface area contributed by atoms with Crippen molar-refractivity contribution in [3.8, 4) is 23.1 Å². The van der Waals surface area contributed by atoms with Crippen molar-refractivity contribution in [3.05, 3.63) is 29.8 Å². The molecule has 0 saturated heterocycles. The second-order valence-electron chi connectivity index (χ2n) is 3.99. The van der Waals surface area contributed by atoms with E-state index in [2.05, 4.69) is 19.9 Å². The van der Waals surface area contributed by atoms with Gasteiger partial charge in [-0.25, -0.2) is 4.98 Å². The van der Waals surface area contributed by atoms with Gasteiger partial charge in [-0.15, -0.1) is 0 Å². The van der Waals surface area contributed by atoms with E-state index < -0.39 is 0 Å². The van der Waals surface area contributed by atoms with Crippen molar-refractivity contribution in [2.75, 3.05) is 14.2 Å². The Kier molecular flexibility index (Phi) is 3.49. The molecule has 0 saturated carbocycles. The van der Waals surface area contributed by atoms with Gasteiger partial charge in [-0.3, -0.25) is 0 Å². The molecule has 108 valence electrons. The van der Waals surface area contributed by atoms with Crippen molar-refractivity contribution in [2.24, 2.45) is 0 Å². The third-order valence-corrected chi connectivity index (χ3v) is 2.98. The highest BCUT2D eigenvalue weighted by molar-refractivity contribution is 6.28. The molecule has 3 rings (SSSR count). The molecule has 0 radical (unpaired) electrons. The highest BCUT2D eigenvalue weighted by Crippen LogP contribution is 2.40. The fourth-order valence-electron chi connectivity index (χ4n) is 1.87. The number of hydrogen-bond acceptors (Lipinski definition) is 6. The van der Waals surface area contributed by atoms with E-state index in [1.165, 1.54) is 6.33 Å². The van der Waals surface area contributed by atoms with E-state index in [0.29, 0.717) is 28.4 Å². The summed E-state index contributed by atoms with van der Waals surface area (Å²) in [5.41, 5.74) is 0.950. The summed E-state index contributed by atoms with van der Waals surface area (Å²) in [6.07, 6.45) is 1.49. The van der Waals surface area contributed by atoms with Crippen LogP contribution in [0.4, 0.5) is 0 Å². The van der Waals surface area contributed by atoms with Crippen LogP contribution >= 0.6 is 11.6 Å². The highest BCUT2D eigenvalue weighted by Gasteiger charge is 2.17. The van der Waals surface area contributed by atoms with E-state index in [9.17, 15) is 0 Å². The summed E-state index contributed by atoms with van der Waals surface area (Å²) in [6, 6.07) is 5.30. The van der Waals surface area contributed by atoms with E-state index in [1.54, 1.807) is 32.4 Å². The lowest BCUT2D eigenvalue weighted by Crippen LogP contribution is -1.97. The maximum absolute atomic E-state index is 5.88. The number of para-hydroxylation sites is 1. The number of H-pyrrole nitrogens is 1. The number of imidazole rings is 1. The lowest BCUT2D eigenvalue weighted by Gasteiger charge is -2.13. The Labute approximate surface area is 124 Å². The zero-order chi connectivity index (χ0) is 14.8. The fourth-order valence-corrected chi connectivity index (χ4v) is 2.03. The minimum atomic E-state index is 0.0402. The Hall–Kier alpha value is -2.54. The molecular weight excluding hydrogens is 296 g/mol. The minimum Gasteiger partial charge on any atom is -0.493 e. The topological polar surface area (TPSA) is 82.2 Å². The lowest BCUT2D eigenvalue weighted by atomic mass is 10.3. The first kappa shape index (κ1) is 13.4. The van der Waals surface area contributed by atoms with Gasteiger partial charge in [0.25, 0.3) is 0 Å². The molecule has 1 aromatic carbocycles. The molecule has 0 unspecified atom stereocenters. The van der Waals surface area contributed by atoms with E-state index in [1.807, 2.05) is 0 Å². The van der Waals surface area contributed by atoms with Gasteiger partial charge in [0.2, 0.25) is 16.9 Å². The molecule has 7 nitrogen and oxygen atoms in total. The Bertz CT molecular complexity index is 768. The summed E-state index contributed by atoms with van der Waals surface area (Å²) >= 11 is 5.88. The van der Waals surface area contributed by atoms with Gasteiger partial charge in [-0.1, -0.05) is 6.07 Å². The first-order valence-corrected chi connectivity index (χ1v) is 6.36. The molecule has 0 bridgehead atoms. The standard InChI is InChI=1S/C13H11ClN4O3/c1-19-7-4-3-5-8(20-2)10(7)21-12-9-11(16-6-15-9)17-13(14)18-12/h3-6H,1-2H3,(H,15,16,17,18). The summed E-state index contributed by atoms with van der Waals surface area (Å²) < 4.78 is 16.4. The third-order valence-electron chi connectivity index (χ3n) is 2.81. The van der Waals surface area contributed by atoms with Crippen LogP contribution in [0.5, 0.6) is 23.1 Å². The van der Waals surface area contributed by atoms with E-state index in [-0.39, 0.29) is 11.2 Å².